The van der Waals surface area contributed by atoms with Gasteiger partial charge in [0.05, 0.1) is 32.0 Å². The zero-order valence-electron chi connectivity index (χ0n) is 17.1. The summed E-state index contributed by atoms with van der Waals surface area (Å²) >= 11 is 2.40. The number of rotatable bonds is 10. The van der Waals surface area contributed by atoms with E-state index in [0.717, 1.165) is 28.6 Å². The molecule has 1 aliphatic rings. The summed E-state index contributed by atoms with van der Waals surface area (Å²) in [4.78, 5) is 0. The lowest BCUT2D eigenvalue weighted by Crippen LogP contribution is -2.29. The van der Waals surface area contributed by atoms with Crippen LogP contribution in [0.2, 0.25) is 0 Å². The third-order valence-electron chi connectivity index (χ3n) is 4.73. The van der Waals surface area contributed by atoms with Crippen molar-refractivity contribution in [2.45, 2.75) is 71.2 Å². The molecular weight excluding hydrogens is 455 g/mol. The largest absolute Gasteiger partial charge is 0.497 e. The Kier molecular flexibility index (Phi) is 9.05. The van der Waals surface area contributed by atoms with Gasteiger partial charge < -0.3 is 18.9 Å². The Hall–Kier alpha value is -0.630. The smallest absolute Gasteiger partial charge is 0.163 e. The minimum atomic E-state index is -0.488. The Bertz CT molecular complexity index is 584. The fourth-order valence-electron chi connectivity index (χ4n) is 3.26. The molecule has 27 heavy (non-hydrogen) atoms. The van der Waals surface area contributed by atoms with Crippen molar-refractivity contribution in [2.24, 2.45) is 5.92 Å². The first-order valence-corrected chi connectivity index (χ1v) is 11.2. The lowest BCUT2D eigenvalue weighted by atomic mass is 9.97. The molecule has 4 nitrogen and oxygen atoms in total. The van der Waals surface area contributed by atoms with Crippen LogP contribution in [0.3, 0.4) is 0 Å². The van der Waals surface area contributed by atoms with E-state index in [0.29, 0.717) is 12.5 Å². The van der Waals surface area contributed by atoms with Gasteiger partial charge in [0.15, 0.2) is 5.79 Å². The molecule has 1 aromatic rings. The predicted octanol–water partition coefficient (Wildman–Crippen LogP) is 5.53. The maximum absolute atomic E-state index is 6.14. The van der Waals surface area contributed by atoms with Crippen molar-refractivity contribution in [3.63, 3.8) is 0 Å². The van der Waals surface area contributed by atoms with Gasteiger partial charge in [0.25, 0.3) is 0 Å². The Morgan fingerprint density at radius 3 is 2.52 bits per heavy atom. The second kappa shape index (κ2) is 10.8. The maximum Gasteiger partial charge on any atom is 0.163 e. The third kappa shape index (κ3) is 7.37. The first kappa shape index (κ1) is 22.7. The highest BCUT2D eigenvalue weighted by molar-refractivity contribution is 14.1. The number of alkyl halides is 1. The summed E-state index contributed by atoms with van der Waals surface area (Å²) < 4.78 is 24.4. The third-order valence-corrected chi connectivity index (χ3v) is 5.36. The minimum Gasteiger partial charge on any atom is -0.497 e. The summed E-state index contributed by atoms with van der Waals surface area (Å²) in [6.45, 7) is 8.92. The molecule has 152 valence electrons. The van der Waals surface area contributed by atoms with Crippen LogP contribution in [0.15, 0.2) is 36.4 Å². The summed E-state index contributed by atoms with van der Waals surface area (Å²) in [5, 5.41) is 0. The molecule has 0 N–H and O–H groups in total. The van der Waals surface area contributed by atoms with Crippen LogP contribution in [0.5, 0.6) is 5.75 Å². The Morgan fingerprint density at radius 2 is 1.89 bits per heavy atom. The Labute approximate surface area is 177 Å². The number of benzene rings is 1. The zero-order chi connectivity index (χ0) is 19.9. The van der Waals surface area contributed by atoms with E-state index in [9.17, 15) is 0 Å². The molecule has 0 radical (unpaired) electrons. The first-order chi connectivity index (χ1) is 12.8. The average molecular weight is 488 g/mol. The Balaban J connectivity index is 1.77. The van der Waals surface area contributed by atoms with Crippen molar-refractivity contribution < 1.29 is 18.9 Å². The molecule has 0 spiro atoms. The molecule has 5 heteroatoms. The second-order valence-electron chi connectivity index (χ2n) is 7.61. The lowest BCUT2D eigenvalue weighted by molar-refractivity contribution is -0.148. The summed E-state index contributed by atoms with van der Waals surface area (Å²) in [5.41, 5.74) is 1.15. The van der Waals surface area contributed by atoms with Crippen molar-refractivity contribution in [3.05, 3.63) is 42.0 Å². The summed E-state index contributed by atoms with van der Waals surface area (Å²) in [7, 11) is 1.68. The highest BCUT2D eigenvalue weighted by atomic mass is 127. The van der Waals surface area contributed by atoms with E-state index in [-0.39, 0.29) is 18.3 Å². The van der Waals surface area contributed by atoms with Crippen molar-refractivity contribution in [1.82, 2.24) is 0 Å². The maximum atomic E-state index is 6.14. The topological polar surface area (TPSA) is 36.9 Å². The van der Waals surface area contributed by atoms with Gasteiger partial charge in [-0.05, 0) is 51.3 Å². The first-order valence-electron chi connectivity index (χ1n) is 9.67. The number of hydrogen-bond donors (Lipinski definition) is 0. The monoisotopic (exact) mass is 488 g/mol. The van der Waals surface area contributed by atoms with Crippen LogP contribution in [0.1, 0.15) is 46.1 Å². The molecule has 1 heterocycles. The van der Waals surface area contributed by atoms with Crippen LogP contribution in [0, 0.1) is 5.92 Å². The van der Waals surface area contributed by atoms with Crippen molar-refractivity contribution in [3.8, 4) is 5.75 Å². The summed E-state index contributed by atoms with van der Waals surface area (Å²) in [6, 6.07) is 8.00. The second-order valence-corrected chi connectivity index (χ2v) is 8.69. The molecule has 2 rings (SSSR count). The van der Waals surface area contributed by atoms with Crippen LogP contribution in [-0.2, 0) is 20.8 Å². The van der Waals surface area contributed by atoms with Crippen LogP contribution in [0.4, 0.5) is 0 Å². The lowest BCUT2D eigenvalue weighted by Gasteiger charge is -2.21. The molecule has 1 fully saturated rings. The summed E-state index contributed by atoms with van der Waals surface area (Å²) in [5.74, 6) is 0.692. The molecule has 3 unspecified atom stereocenters. The van der Waals surface area contributed by atoms with Gasteiger partial charge in [-0.15, -0.1) is 0 Å². The fourth-order valence-corrected chi connectivity index (χ4v) is 3.88. The van der Waals surface area contributed by atoms with Gasteiger partial charge >= 0.3 is 0 Å². The molecule has 1 aromatic carbocycles. The van der Waals surface area contributed by atoms with Gasteiger partial charge in [-0.25, -0.2) is 0 Å². The predicted molar refractivity (Wildman–Crippen MR) is 117 cm³/mol. The van der Waals surface area contributed by atoms with E-state index in [2.05, 4.69) is 48.6 Å². The zero-order valence-corrected chi connectivity index (χ0v) is 19.3. The molecule has 0 saturated carbocycles. The fraction of sp³-hybridized carbons (Fsp3) is 0.636. The van der Waals surface area contributed by atoms with E-state index < -0.39 is 5.79 Å². The van der Waals surface area contributed by atoms with Gasteiger partial charge in [0, 0.05) is 10.3 Å². The van der Waals surface area contributed by atoms with Gasteiger partial charge in [0.1, 0.15) is 5.75 Å². The van der Waals surface area contributed by atoms with E-state index in [4.69, 9.17) is 18.9 Å². The molecule has 0 aliphatic carbocycles. The van der Waals surface area contributed by atoms with Crippen LogP contribution < -0.4 is 4.74 Å². The van der Waals surface area contributed by atoms with Crippen molar-refractivity contribution in [1.29, 1.82) is 0 Å². The quantitative estimate of drug-likeness (QED) is 0.247. The van der Waals surface area contributed by atoms with Gasteiger partial charge in [-0.1, -0.05) is 53.8 Å². The van der Waals surface area contributed by atoms with E-state index in [1.54, 1.807) is 7.11 Å². The van der Waals surface area contributed by atoms with Gasteiger partial charge in [-0.3, -0.25) is 0 Å². The Morgan fingerprint density at radius 1 is 1.19 bits per heavy atom. The number of methoxy groups -OCH3 is 1. The molecule has 0 amide bonds. The van der Waals surface area contributed by atoms with Gasteiger partial charge in [0.2, 0.25) is 0 Å². The normalized spacial score (nSPS) is 24.2. The number of halogens is 1. The molecule has 0 bridgehead atoms. The molecule has 0 aromatic heterocycles. The van der Waals surface area contributed by atoms with Crippen molar-refractivity contribution in [2.75, 3.05) is 11.5 Å². The SMILES string of the molecule is COc1ccc(CO[C@H](C)C/C=C\C(C)C2OC(C)(C)OC2CCI)cc1. The van der Waals surface area contributed by atoms with E-state index in [1.807, 2.05) is 38.1 Å². The average Bonchev–Trinajstić information content (AvgIpc) is 2.95. The van der Waals surface area contributed by atoms with Gasteiger partial charge in [-0.2, -0.15) is 0 Å². The molecule has 4 atom stereocenters. The molecule has 1 aliphatic heterocycles. The number of ether oxygens (including phenoxy) is 4. The molecular formula is C22H33IO4. The minimum absolute atomic E-state index is 0.113. The van der Waals surface area contributed by atoms with Crippen LogP contribution in [-0.4, -0.2) is 35.6 Å². The highest BCUT2D eigenvalue weighted by Gasteiger charge is 2.42. The van der Waals surface area contributed by atoms with Crippen LogP contribution in [0.25, 0.3) is 0 Å². The van der Waals surface area contributed by atoms with E-state index in [1.165, 1.54) is 0 Å². The van der Waals surface area contributed by atoms with Crippen LogP contribution >= 0.6 is 22.6 Å². The molecule has 1 saturated heterocycles. The summed E-state index contributed by atoms with van der Waals surface area (Å²) in [6.07, 6.45) is 6.80. The highest BCUT2D eigenvalue weighted by Crippen LogP contribution is 2.34. The standard InChI is InChI=1S/C22H33IO4/c1-16(21-20(13-14-23)26-22(3,4)27-21)7-6-8-17(2)25-15-18-9-11-19(24-5)12-10-18/h6-7,9-12,16-17,20-21H,8,13-15H2,1-5H3/b7-6-/t16?,17-,20?,21?/m1/s1. The number of hydrogen-bond acceptors (Lipinski definition) is 4. The van der Waals surface area contributed by atoms with E-state index >= 15 is 0 Å². The van der Waals surface area contributed by atoms with Crippen molar-refractivity contribution >= 4 is 22.6 Å².